The number of nitrogens with zero attached hydrogens (tertiary/aromatic N) is 2. The standard InChI is InChI=1S/C12H16N2O4/c1-5-8(2)9(10(15)17-3)12(6-13,7-14)11(16)18-4/h8-9H,5H2,1-4H3. The Hall–Kier alpha value is -2.08. The topological polar surface area (TPSA) is 100 Å². The monoisotopic (exact) mass is 252 g/mol. The third kappa shape index (κ3) is 2.60. The Balaban J connectivity index is 5.82. The summed E-state index contributed by atoms with van der Waals surface area (Å²) < 4.78 is 9.07. The highest BCUT2D eigenvalue weighted by Crippen LogP contribution is 2.36. The average Bonchev–Trinajstić information content (AvgIpc) is 2.42. The number of hydrogen-bond acceptors (Lipinski definition) is 6. The minimum Gasteiger partial charge on any atom is -0.469 e. The normalized spacial score (nSPS) is 13.7. The van der Waals surface area contributed by atoms with Crippen LogP contribution in [0, 0.1) is 39.9 Å². The van der Waals surface area contributed by atoms with E-state index in [1.807, 2.05) is 0 Å². The molecule has 98 valence electrons. The van der Waals surface area contributed by atoms with E-state index in [-0.39, 0.29) is 5.92 Å². The van der Waals surface area contributed by atoms with Crippen molar-refractivity contribution in [1.82, 2.24) is 0 Å². The van der Waals surface area contributed by atoms with E-state index in [9.17, 15) is 9.59 Å². The van der Waals surface area contributed by atoms with Gasteiger partial charge in [0.2, 0.25) is 0 Å². The number of nitriles is 2. The summed E-state index contributed by atoms with van der Waals surface area (Å²) in [6.45, 7) is 3.46. The fourth-order valence-electron chi connectivity index (χ4n) is 1.74. The van der Waals surface area contributed by atoms with Crippen LogP contribution in [0.1, 0.15) is 20.3 Å². The van der Waals surface area contributed by atoms with Crippen LogP contribution in [0.4, 0.5) is 0 Å². The molecule has 18 heavy (non-hydrogen) atoms. The van der Waals surface area contributed by atoms with E-state index in [2.05, 4.69) is 9.47 Å². The molecule has 0 bridgehead atoms. The van der Waals surface area contributed by atoms with Crippen molar-refractivity contribution in [3.8, 4) is 12.1 Å². The van der Waals surface area contributed by atoms with E-state index < -0.39 is 23.3 Å². The van der Waals surface area contributed by atoms with Crippen LogP contribution in [-0.4, -0.2) is 26.2 Å². The van der Waals surface area contributed by atoms with Gasteiger partial charge >= 0.3 is 11.9 Å². The third-order valence-corrected chi connectivity index (χ3v) is 2.99. The highest BCUT2D eigenvalue weighted by atomic mass is 16.5. The molecule has 0 aliphatic carbocycles. The summed E-state index contributed by atoms with van der Waals surface area (Å²) in [7, 11) is 2.21. The Bertz CT molecular complexity index is 391. The summed E-state index contributed by atoms with van der Waals surface area (Å²) in [4.78, 5) is 23.5. The van der Waals surface area contributed by atoms with Gasteiger partial charge in [-0.2, -0.15) is 10.5 Å². The molecule has 0 aromatic carbocycles. The van der Waals surface area contributed by atoms with Crippen molar-refractivity contribution in [2.45, 2.75) is 20.3 Å². The van der Waals surface area contributed by atoms with Crippen molar-refractivity contribution in [3.63, 3.8) is 0 Å². The van der Waals surface area contributed by atoms with Crippen LogP contribution in [-0.2, 0) is 19.1 Å². The van der Waals surface area contributed by atoms with Crippen LogP contribution < -0.4 is 0 Å². The predicted molar refractivity (Wildman–Crippen MR) is 60.6 cm³/mol. The molecular formula is C12H16N2O4. The van der Waals surface area contributed by atoms with Gasteiger partial charge < -0.3 is 9.47 Å². The molecule has 0 saturated carbocycles. The second-order valence-electron chi connectivity index (χ2n) is 3.91. The molecule has 6 nitrogen and oxygen atoms in total. The van der Waals surface area contributed by atoms with Crippen molar-refractivity contribution in [1.29, 1.82) is 10.5 Å². The second-order valence-corrected chi connectivity index (χ2v) is 3.91. The van der Waals surface area contributed by atoms with Crippen LogP contribution in [0.25, 0.3) is 0 Å². The number of esters is 2. The number of hydrogen-bond donors (Lipinski definition) is 0. The van der Waals surface area contributed by atoms with Gasteiger partial charge in [-0.15, -0.1) is 0 Å². The molecule has 0 rings (SSSR count). The number of carbonyl (C=O) groups excluding carboxylic acids is 2. The molecule has 0 heterocycles. The van der Waals surface area contributed by atoms with Crippen LogP contribution in [0.15, 0.2) is 0 Å². The van der Waals surface area contributed by atoms with Crippen molar-refractivity contribution in [2.24, 2.45) is 17.3 Å². The average molecular weight is 252 g/mol. The minimum atomic E-state index is -2.17. The zero-order valence-corrected chi connectivity index (χ0v) is 10.9. The molecule has 0 aromatic heterocycles. The molecule has 2 unspecified atom stereocenters. The number of carbonyl (C=O) groups is 2. The SMILES string of the molecule is CCC(C)C(C(=O)OC)C(C#N)(C#N)C(=O)OC. The first kappa shape index (κ1) is 15.9. The summed E-state index contributed by atoms with van der Waals surface area (Å²) in [5.41, 5.74) is -2.17. The van der Waals surface area contributed by atoms with E-state index in [1.54, 1.807) is 26.0 Å². The maximum absolute atomic E-state index is 11.8. The Morgan fingerprint density at radius 2 is 1.72 bits per heavy atom. The van der Waals surface area contributed by atoms with Gasteiger partial charge in [-0.3, -0.25) is 4.79 Å². The lowest BCUT2D eigenvalue weighted by Gasteiger charge is -2.28. The quantitative estimate of drug-likeness (QED) is 0.677. The van der Waals surface area contributed by atoms with Crippen LogP contribution in [0.2, 0.25) is 0 Å². The maximum atomic E-state index is 11.8. The molecule has 2 atom stereocenters. The third-order valence-electron chi connectivity index (χ3n) is 2.99. The highest BCUT2D eigenvalue weighted by molar-refractivity contribution is 5.90. The van der Waals surface area contributed by atoms with Crippen molar-refractivity contribution in [2.75, 3.05) is 14.2 Å². The van der Waals surface area contributed by atoms with Gasteiger partial charge in [0, 0.05) is 0 Å². The fraction of sp³-hybridized carbons (Fsp3) is 0.667. The van der Waals surface area contributed by atoms with E-state index >= 15 is 0 Å². The molecule has 0 spiro atoms. The molecule has 0 N–H and O–H groups in total. The summed E-state index contributed by atoms with van der Waals surface area (Å²) in [5.74, 6) is -3.34. The first-order chi connectivity index (χ1) is 8.44. The Morgan fingerprint density at radius 1 is 1.22 bits per heavy atom. The molecule has 0 aromatic rings. The zero-order chi connectivity index (χ0) is 14.3. The fourth-order valence-corrected chi connectivity index (χ4v) is 1.74. The zero-order valence-electron chi connectivity index (χ0n) is 10.9. The van der Waals surface area contributed by atoms with E-state index in [4.69, 9.17) is 10.5 Å². The first-order valence-corrected chi connectivity index (χ1v) is 5.43. The lowest BCUT2D eigenvalue weighted by atomic mass is 9.70. The minimum absolute atomic E-state index is 0.365. The summed E-state index contributed by atoms with van der Waals surface area (Å²) in [6.07, 6.45) is 0.516. The van der Waals surface area contributed by atoms with Gasteiger partial charge in [-0.1, -0.05) is 20.3 Å². The summed E-state index contributed by atoms with van der Waals surface area (Å²) in [5, 5.41) is 18.3. The predicted octanol–water partition coefficient (Wildman–Crippen LogP) is 1.03. The molecule has 0 radical (unpaired) electrons. The second kappa shape index (κ2) is 6.61. The molecule has 0 saturated heterocycles. The molecular weight excluding hydrogens is 236 g/mol. The lowest BCUT2D eigenvalue weighted by molar-refractivity contribution is -0.161. The molecule has 0 aliphatic heterocycles. The smallest absolute Gasteiger partial charge is 0.341 e. The Kier molecular flexibility index (Phi) is 5.84. The van der Waals surface area contributed by atoms with Crippen LogP contribution in [0.5, 0.6) is 0 Å². The number of rotatable bonds is 5. The van der Waals surface area contributed by atoms with Crippen molar-refractivity contribution < 1.29 is 19.1 Å². The van der Waals surface area contributed by atoms with E-state index in [0.29, 0.717) is 6.42 Å². The van der Waals surface area contributed by atoms with Gasteiger partial charge in [-0.25, -0.2) is 4.79 Å². The number of ether oxygens (including phenoxy) is 2. The number of methoxy groups -OCH3 is 2. The summed E-state index contributed by atoms with van der Waals surface area (Å²) in [6, 6.07) is 3.22. The van der Waals surface area contributed by atoms with Gasteiger partial charge in [0.25, 0.3) is 5.41 Å². The Labute approximate surface area is 106 Å². The van der Waals surface area contributed by atoms with Gasteiger partial charge in [0.1, 0.15) is 5.92 Å². The lowest BCUT2D eigenvalue weighted by Crippen LogP contribution is -2.45. The van der Waals surface area contributed by atoms with E-state index in [0.717, 1.165) is 14.2 Å². The maximum Gasteiger partial charge on any atom is 0.341 e. The van der Waals surface area contributed by atoms with E-state index in [1.165, 1.54) is 0 Å². The van der Waals surface area contributed by atoms with Crippen LogP contribution >= 0.6 is 0 Å². The molecule has 0 aliphatic rings. The van der Waals surface area contributed by atoms with Gasteiger partial charge in [0.15, 0.2) is 0 Å². The van der Waals surface area contributed by atoms with Crippen molar-refractivity contribution in [3.05, 3.63) is 0 Å². The molecule has 0 fully saturated rings. The summed E-state index contributed by atoms with van der Waals surface area (Å²) >= 11 is 0. The van der Waals surface area contributed by atoms with Crippen LogP contribution in [0.3, 0.4) is 0 Å². The highest BCUT2D eigenvalue weighted by Gasteiger charge is 2.54. The van der Waals surface area contributed by atoms with Crippen molar-refractivity contribution >= 4 is 11.9 Å². The van der Waals surface area contributed by atoms with Gasteiger partial charge in [0.05, 0.1) is 26.4 Å². The molecule has 6 heteroatoms. The Morgan fingerprint density at radius 3 is 2.00 bits per heavy atom. The van der Waals surface area contributed by atoms with Gasteiger partial charge in [-0.05, 0) is 5.92 Å². The first-order valence-electron chi connectivity index (χ1n) is 5.43. The molecule has 0 amide bonds. The largest absolute Gasteiger partial charge is 0.469 e.